The molecular weight excluding hydrogens is 416 g/mol. The summed E-state index contributed by atoms with van der Waals surface area (Å²) in [4.78, 5) is -0.681. The zero-order valence-electron chi connectivity index (χ0n) is 13.0. The Morgan fingerprint density at radius 2 is 2.04 bits per heavy atom. The Labute approximate surface area is 152 Å². The maximum atomic E-state index is 14.2. The second-order valence-corrected chi connectivity index (χ2v) is 8.71. The van der Waals surface area contributed by atoms with Crippen LogP contribution in [0.4, 0.5) is 8.78 Å². The molecule has 130 valence electrons. The third-order valence-electron chi connectivity index (χ3n) is 3.89. The first-order chi connectivity index (χ1) is 11.7. The molecule has 8 heteroatoms. The molecule has 25 heavy (non-hydrogen) atoms. The van der Waals surface area contributed by atoms with Crippen LogP contribution in [0.25, 0.3) is 0 Å². The molecule has 0 N–H and O–H groups in total. The SMILES string of the molecule is CS(=O)(=O)c1ccc(Oc2cc(F)cc(C#N)c2)c2c1CC(F)C2Br. The van der Waals surface area contributed by atoms with Crippen LogP contribution in [0.15, 0.2) is 35.2 Å². The van der Waals surface area contributed by atoms with E-state index in [0.717, 1.165) is 18.4 Å². The van der Waals surface area contributed by atoms with Crippen LogP contribution >= 0.6 is 15.9 Å². The molecule has 0 fully saturated rings. The third kappa shape index (κ3) is 3.39. The summed E-state index contributed by atoms with van der Waals surface area (Å²) in [5.41, 5.74) is 0.822. The fourth-order valence-corrected chi connectivity index (χ4v) is 4.51. The van der Waals surface area contributed by atoms with Gasteiger partial charge in [-0.3, -0.25) is 0 Å². The smallest absolute Gasteiger partial charge is 0.175 e. The molecule has 0 heterocycles. The van der Waals surface area contributed by atoms with Gasteiger partial charge in [0.25, 0.3) is 0 Å². The Bertz CT molecular complexity index is 1000. The van der Waals surface area contributed by atoms with Crippen molar-refractivity contribution in [1.82, 2.24) is 0 Å². The molecule has 0 radical (unpaired) electrons. The maximum absolute atomic E-state index is 14.2. The molecule has 2 atom stereocenters. The van der Waals surface area contributed by atoms with Crippen molar-refractivity contribution >= 4 is 25.8 Å². The fraction of sp³-hybridized carbons (Fsp3) is 0.235. The molecule has 0 spiro atoms. The lowest BCUT2D eigenvalue weighted by Gasteiger charge is -2.15. The molecule has 0 aromatic heterocycles. The number of sulfone groups is 1. The number of hydrogen-bond acceptors (Lipinski definition) is 4. The average molecular weight is 428 g/mol. The first kappa shape index (κ1) is 17.8. The Morgan fingerprint density at radius 1 is 1.32 bits per heavy atom. The molecule has 0 bridgehead atoms. The Hall–Kier alpha value is -1.98. The molecule has 2 unspecified atom stereocenters. The Morgan fingerprint density at radius 3 is 2.68 bits per heavy atom. The van der Waals surface area contributed by atoms with E-state index in [-0.39, 0.29) is 28.4 Å². The largest absolute Gasteiger partial charge is 0.457 e. The summed E-state index contributed by atoms with van der Waals surface area (Å²) in [6, 6.07) is 8.11. The van der Waals surface area contributed by atoms with Crippen LogP contribution in [0.2, 0.25) is 0 Å². The minimum Gasteiger partial charge on any atom is -0.457 e. The fourth-order valence-electron chi connectivity index (χ4n) is 2.86. The Balaban J connectivity index is 2.12. The normalized spacial score (nSPS) is 19.3. The zero-order chi connectivity index (χ0) is 18.4. The molecule has 0 amide bonds. The average Bonchev–Trinajstić information content (AvgIpc) is 2.81. The molecule has 2 aromatic rings. The lowest BCUT2D eigenvalue weighted by Crippen LogP contribution is -2.04. The molecule has 2 aromatic carbocycles. The number of fused-ring (bicyclic) bond motifs is 1. The van der Waals surface area contributed by atoms with E-state index in [1.807, 2.05) is 6.07 Å². The van der Waals surface area contributed by atoms with E-state index in [2.05, 4.69) is 15.9 Å². The molecule has 1 aliphatic rings. The minimum absolute atomic E-state index is 0.0522. The second-order valence-electron chi connectivity index (χ2n) is 5.74. The van der Waals surface area contributed by atoms with Gasteiger partial charge >= 0.3 is 0 Å². The van der Waals surface area contributed by atoms with E-state index in [0.29, 0.717) is 11.1 Å². The maximum Gasteiger partial charge on any atom is 0.175 e. The predicted octanol–water partition coefficient (Wildman–Crippen LogP) is 4.22. The van der Waals surface area contributed by atoms with Crippen LogP contribution in [-0.4, -0.2) is 20.8 Å². The van der Waals surface area contributed by atoms with Crippen molar-refractivity contribution in [3.8, 4) is 17.6 Å². The number of nitrogens with zero attached hydrogens (tertiary/aromatic N) is 1. The highest BCUT2D eigenvalue weighted by Crippen LogP contribution is 2.48. The van der Waals surface area contributed by atoms with Gasteiger partial charge in [0.2, 0.25) is 0 Å². The van der Waals surface area contributed by atoms with Crippen molar-refractivity contribution in [1.29, 1.82) is 5.26 Å². The van der Waals surface area contributed by atoms with Crippen LogP contribution < -0.4 is 4.74 Å². The van der Waals surface area contributed by atoms with E-state index in [9.17, 15) is 17.2 Å². The van der Waals surface area contributed by atoms with Gasteiger partial charge in [0.05, 0.1) is 21.4 Å². The van der Waals surface area contributed by atoms with Gasteiger partial charge in [0, 0.05) is 24.3 Å². The highest BCUT2D eigenvalue weighted by molar-refractivity contribution is 9.09. The first-order valence-corrected chi connectivity index (χ1v) is 10.0. The zero-order valence-corrected chi connectivity index (χ0v) is 15.4. The summed E-state index contributed by atoms with van der Waals surface area (Å²) in [5, 5.41) is 8.91. The topological polar surface area (TPSA) is 67.2 Å². The number of halogens is 3. The molecule has 1 aliphatic carbocycles. The van der Waals surface area contributed by atoms with Crippen molar-refractivity contribution < 1.29 is 21.9 Å². The summed E-state index contributed by atoms with van der Waals surface area (Å²) in [7, 11) is -3.53. The van der Waals surface area contributed by atoms with Crippen molar-refractivity contribution in [2.75, 3.05) is 6.26 Å². The van der Waals surface area contributed by atoms with Crippen molar-refractivity contribution in [3.63, 3.8) is 0 Å². The molecule has 0 saturated carbocycles. The van der Waals surface area contributed by atoms with Crippen molar-refractivity contribution in [3.05, 3.63) is 52.8 Å². The van der Waals surface area contributed by atoms with Crippen LogP contribution in [0.3, 0.4) is 0 Å². The van der Waals surface area contributed by atoms with Crippen LogP contribution in [-0.2, 0) is 16.3 Å². The number of rotatable bonds is 3. The van der Waals surface area contributed by atoms with Gasteiger partial charge in [-0.05, 0) is 29.8 Å². The van der Waals surface area contributed by atoms with Crippen LogP contribution in [0, 0.1) is 17.1 Å². The standard InChI is InChI=1S/C17H12BrF2NO3S/c1-25(22,23)15-3-2-14(16-12(15)7-13(20)17(16)18)24-11-5-9(8-21)4-10(19)6-11/h2-6,13,17H,7H2,1H3. The van der Waals surface area contributed by atoms with Crippen LogP contribution in [0.1, 0.15) is 21.5 Å². The van der Waals surface area contributed by atoms with Gasteiger partial charge in [0.1, 0.15) is 23.5 Å². The highest BCUT2D eigenvalue weighted by Gasteiger charge is 2.37. The number of ether oxygens (including phenoxy) is 1. The van der Waals surface area contributed by atoms with Gasteiger partial charge in [-0.2, -0.15) is 5.26 Å². The number of alkyl halides is 2. The third-order valence-corrected chi connectivity index (χ3v) is 6.11. The monoisotopic (exact) mass is 427 g/mol. The van der Waals surface area contributed by atoms with Gasteiger partial charge in [-0.25, -0.2) is 17.2 Å². The minimum atomic E-state index is -3.53. The van der Waals surface area contributed by atoms with E-state index in [1.54, 1.807) is 0 Å². The van der Waals surface area contributed by atoms with Crippen LogP contribution in [0.5, 0.6) is 11.5 Å². The van der Waals surface area contributed by atoms with Gasteiger partial charge in [0.15, 0.2) is 9.84 Å². The van der Waals surface area contributed by atoms with Gasteiger partial charge in [-0.1, -0.05) is 15.9 Å². The molecule has 3 rings (SSSR count). The molecule has 0 aliphatic heterocycles. The highest BCUT2D eigenvalue weighted by atomic mass is 79.9. The summed E-state index contributed by atoms with van der Waals surface area (Å²) in [5.74, 6) is -0.344. The summed E-state index contributed by atoms with van der Waals surface area (Å²) >= 11 is 3.23. The van der Waals surface area contributed by atoms with Crippen molar-refractivity contribution in [2.45, 2.75) is 22.3 Å². The molecule has 4 nitrogen and oxygen atoms in total. The first-order valence-electron chi connectivity index (χ1n) is 7.23. The van der Waals surface area contributed by atoms with E-state index in [4.69, 9.17) is 10.00 Å². The predicted molar refractivity (Wildman–Crippen MR) is 91.0 cm³/mol. The quantitative estimate of drug-likeness (QED) is 0.687. The van der Waals surface area contributed by atoms with E-state index in [1.165, 1.54) is 18.2 Å². The second kappa shape index (κ2) is 6.39. The van der Waals surface area contributed by atoms with E-state index >= 15 is 0 Å². The lowest BCUT2D eigenvalue weighted by atomic mass is 10.1. The summed E-state index contributed by atoms with van der Waals surface area (Å²) in [6.45, 7) is 0. The summed E-state index contributed by atoms with van der Waals surface area (Å²) < 4.78 is 57.3. The number of nitriles is 1. The number of hydrogen-bond donors (Lipinski definition) is 0. The summed E-state index contributed by atoms with van der Waals surface area (Å²) in [6.07, 6.45) is -0.302. The lowest BCUT2D eigenvalue weighted by molar-refractivity contribution is 0.344. The van der Waals surface area contributed by atoms with Gasteiger partial charge < -0.3 is 4.74 Å². The van der Waals surface area contributed by atoms with Gasteiger partial charge in [-0.15, -0.1) is 0 Å². The van der Waals surface area contributed by atoms with Crippen molar-refractivity contribution in [2.24, 2.45) is 0 Å². The molecule has 0 saturated heterocycles. The number of benzene rings is 2. The Kier molecular flexibility index (Phi) is 4.56. The molecular formula is C17H12BrF2NO3S. The van der Waals surface area contributed by atoms with E-state index < -0.39 is 26.7 Å².